The maximum Gasteiger partial charge on any atom is 0.239 e. The number of amides is 1. The lowest BCUT2D eigenvalue weighted by Crippen LogP contribution is -2.42. The van der Waals surface area contributed by atoms with Crippen LogP contribution in [0.15, 0.2) is 0 Å². The van der Waals surface area contributed by atoms with E-state index in [1.54, 1.807) is 4.90 Å². The van der Waals surface area contributed by atoms with Crippen LogP contribution in [0.4, 0.5) is 0 Å². The molecule has 0 bridgehead atoms. The molecule has 1 atom stereocenters. The Morgan fingerprint density at radius 2 is 2.20 bits per heavy atom. The molecule has 4 nitrogen and oxygen atoms in total. The molecule has 0 aromatic rings. The van der Waals surface area contributed by atoms with Crippen molar-refractivity contribution in [2.24, 2.45) is 5.92 Å². The number of nitriles is 1. The summed E-state index contributed by atoms with van der Waals surface area (Å²) in [5.74, 6) is -0.559. The minimum absolute atomic E-state index is 0.0637. The molecule has 1 aliphatic rings. The second-order valence-corrected chi connectivity index (χ2v) is 4.03. The smallest absolute Gasteiger partial charge is 0.239 e. The van der Waals surface area contributed by atoms with E-state index in [-0.39, 0.29) is 12.0 Å². The van der Waals surface area contributed by atoms with Crippen LogP contribution in [0, 0.1) is 17.2 Å². The first-order chi connectivity index (χ1) is 7.19. The van der Waals surface area contributed by atoms with Gasteiger partial charge in [-0.1, -0.05) is 13.3 Å². The van der Waals surface area contributed by atoms with Gasteiger partial charge in [-0.3, -0.25) is 4.79 Å². The average molecular weight is 210 g/mol. The molecule has 0 radical (unpaired) electrons. The van der Waals surface area contributed by atoms with Gasteiger partial charge in [0.25, 0.3) is 0 Å². The minimum Gasteiger partial charge on any atom is -0.393 e. The number of aliphatic hydroxyl groups excluding tert-OH is 1. The van der Waals surface area contributed by atoms with Crippen molar-refractivity contribution in [3.05, 3.63) is 0 Å². The molecule has 1 N–H and O–H groups in total. The molecule has 0 aromatic heterocycles. The maximum absolute atomic E-state index is 11.8. The Hall–Kier alpha value is -1.08. The maximum atomic E-state index is 11.8. The Labute approximate surface area is 90.5 Å². The van der Waals surface area contributed by atoms with E-state index >= 15 is 0 Å². The van der Waals surface area contributed by atoms with Gasteiger partial charge in [0.1, 0.15) is 5.92 Å². The molecule has 4 heteroatoms. The Morgan fingerprint density at radius 1 is 1.60 bits per heavy atom. The SMILES string of the molecule is CCCC(C#N)C(=O)N1CCC(O)CC1. The van der Waals surface area contributed by atoms with Crippen LogP contribution in [0.5, 0.6) is 0 Å². The summed E-state index contributed by atoms with van der Waals surface area (Å²) >= 11 is 0. The summed E-state index contributed by atoms with van der Waals surface area (Å²) < 4.78 is 0. The van der Waals surface area contributed by atoms with E-state index in [0.29, 0.717) is 32.4 Å². The first-order valence-corrected chi connectivity index (χ1v) is 5.55. The predicted molar refractivity (Wildman–Crippen MR) is 55.8 cm³/mol. The van der Waals surface area contributed by atoms with E-state index in [0.717, 1.165) is 6.42 Å². The molecular weight excluding hydrogens is 192 g/mol. The van der Waals surface area contributed by atoms with E-state index in [1.807, 2.05) is 6.92 Å². The highest BCUT2D eigenvalue weighted by molar-refractivity contribution is 5.81. The summed E-state index contributed by atoms with van der Waals surface area (Å²) in [6.07, 6.45) is 2.47. The summed E-state index contributed by atoms with van der Waals surface area (Å²) in [5, 5.41) is 18.2. The molecule has 1 heterocycles. The Balaban J connectivity index is 2.49. The van der Waals surface area contributed by atoms with Crippen LogP contribution in [0.3, 0.4) is 0 Å². The zero-order valence-corrected chi connectivity index (χ0v) is 9.15. The van der Waals surface area contributed by atoms with Gasteiger partial charge in [-0.2, -0.15) is 5.26 Å². The number of hydrogen-bond donors (Lipinski definition) is 1. The van der Waals surface area contributed by atoms with Gasteiger partial charge in [-0.15, -0.1) is 0 Å². The first kappa shape index (κ1) is 12.0. The summed E-state index contributed by atoms with van der Waals surface area (Å²) in [4.78, 5) is 13.6. The predicted octanol–water partition coefficient (Wildman–Crippen LogP) is 0.910. The van der Waals surface area contributed by atoms with Gasteiger partial charge in [0.15, 0.2) is 0 Å². The van der Waals surface area contributed by atoms with E-state index in [1.165, 1.54) is 0 Å². The van der Waals surface area contributed by atoms with Crippen LogP contribution in [-0.4, -0.2) is 35.1 Å². The fourth-order valence-corrected chi connectivity index (χ4v) is 1.84. The molecule has 84 valence electrons. The lowest BCUT2D eigenvalue weighted by Gasteiger charge is -2.30. The molecule has 0 aromatic carbocycles. The van der Waals surface area contributed by atoms with Gasteiger partial charge in [0.2, 0.25) is 5.91 Å². The highest BCUT2D eigenvalue weighted by atomic mass is 16.3. The number of hydrogen-bond acceptors (Lipinski definition) is 3. The third-order valence-corrected chi connectivity index (χ3v) is 2.81. The molecule has 1 amide bonds. The molecule has 15 heavy (non-hydrogen) atoms. The number of rotatable bonds is 3. The van der Waals surface area contributed by atoms with Gasteiger partial charge >= 0.3 is 0 Å². The Morgan fingerprint density at radius 3 is 2.67 bits per heavy atom. The van der Waals surface area contributed by atoms with E-state index in [9.17, 15) is 9.90 Å². The Kier molecular flexibility index (Phi) is 4.57. The van der Waals surface area contributed by atoms with E-state index in [2.05, 4.69) is 6.07 Å². The van der Waals surface area contributed by atoms with Gasteiger partial charge < -0.3 is 10.0 Å². The van der Waals surface area contributed by atoms with Crippen molar-refractivity contribution in [1.29, 1.82) is 5.26 Å². The zero-order valence-electron chi connectivity index (χ0n) is 9.15. The fourth-order valence-electron chi connectivity index (χ4n) is 1.84. The van der Waals surface area contributed by atoms with Crippen molar-refractivity contribution in [2.45, 2.75) is 38.7 Å². The highest BCUT2D eigenvalue weighted by Gasteiger charge is 2.26. The van der Waals surface area contributed by atoms with Crippen LogP contribution < -0.4 is 0 Å². The van der Waals surface area contributed by atoms with Crippen molar-refractivity contribution >= 4 is 5.91 Å². The number of carbonyl (C=O) groups excluding carboxylic acids is 1. The molecule has 0 spiro atoms. The lowest BCUT2D eigenvalue weighted by molar-refractivity contribution is -0.135. The van der Waals surface area contributed by atoms with E-state index < -0.39 is 5.92 Å². The number of likely N-dealkylation sites (tertiary alicyclic amines) is 1. The number of nitrogens with zero attached hydrogens (tertiary/aromatic N) is 2. The van der Waals surface area contributed by atoms with Crippen molar-refractivity contribution in [1.82, 2.24) is 4.90 Å². The normalized spacial score (nSPS) is 19.7. The molecule has 0 saturated carbocycles. The van der Waals surface area contributed by atoms with Crippen LogP contribution in [0.1, 0.15) is 32.6 Å². The number of aliphatic hydroxyl groups is 1. The van der Waals surface area contributed by atoms with Gasteiger partial charge in [-0.25, -0.2) is 0 Å². The molecular formula is C11H18N2O2. The monoisotopic (exact) mass is 210 g/mol. The molecule has 1 aliphatic heterocycles. The zero-order chi connectivity index (χ0) is 11.3. The molecule has 0 aliphatic carbocycles. The van der Waals surface area contributed by atoms with Crippen molar-refractivity contribution in [3.63, 3.8) is 0 Å². The summed E-state index contributed by atoms with van der Waals surface area (Å²) in [6.45, 7) is 3.14. The second kappa shape index (κ2) is 5.72. The van der Waals surface area contributed by atoms with Crippen LogP contribution in [0.25, 0.3) is 0 Å². The summed E-state index contributed by atoms with van der Waals surface area (Å²) in [7, 11) is 0. The quantitative estimate of drug-likeness (QED) is 0.753. The molecule has 1 unspecified atom stereocenters. The minimum atomic E-state index is -0.495. The van der Waals surface area contributed by atoms with Crippen LogP contribution in [-0.2, 0) is 4.79 Å². The largest absolute Gasteiger partial charge is 0.393 e. The summed E-state index contributed by atoms with van der Waals surface area (Å²) in [5.41, 5.74) is 0. The van der Waals surface area contributed by atoms with Gasteiger partial charge in [0, 0.05) is 13.1 Å². The second-order valence-electron chi connectivity index (χ2n) is 4.03. The van der Waals surface area contributed by atoms with Gasteiger partial charge in [-0.05, 0) is 19.3 Å². The number of piperidine rings is 1. The third kappa shape index (κ3) is 3.21. The standard InChI is InChI=1S/C11H18N2O2/c1-2-3-9(8-12)11(15)13-6-4-10(14)5-7-13/h9-10,14H,2-7H2,1H3. The Bertz CT molecular complexity index is 252. The van der Waals surface area contributed by atoms with Crippen LogP contribution in [0.2, 0.25) is 0 Å². The summed E-state index contributed by atoms with van der Waals surface area (Å²) in [6, 6.07) is 2.06. The molecule has 1 saturated heterocycles. The first-order valence-electron chi connectivity index (χ1n) is 5.55. The van der Waals surface area contributed by atoms with Crippen LogP contribution >= 0.6 is 0 Å². The van der Waals surface area contributed by atoms with Crippen molar-refractivity contribution < 1.29 is 9.90 Å². The topological polar surface area (TPSA) is 64.3 Å². The van der Waals surface area contributed by atoms with Gasteiger partial charge in [0.05, 0.1) is 12.2 Å². The fraction of sp³-hybridized carbons (Fsp3) is 0.818. The molecule has 1 rings (SSSR count). The lowest BCUT2D eigenvalue weighted by atomic mass is 10.0. The molecule has 1 fully saturated rings. The third-order valence-electron chi connectivity index (χ3n) is 2.81. The van der Waals surface area contributed by atoms with Crippen molar-refractivity contribution in [3.8, 4) is 6.07 Å². The number of carbonyl (C=O) groups is 1. The highest BCUT2D eigenvalue weighted by Crippen LogP contribution is 2.15. The average Bonchev–Trinajstić information content (AvgIpc) is 2.26. The van der Waals surface area contributed by atoms with E-state index in [4.69, 9.17) is 5.26 Å². The van der Waals surface area contributed by atoms with Crippen molar-refractivity contribution in [2.75, 3.05) is 13.1 Å².